The molecule has 0 saturated heterocycles. The van der Waals surface area contributed by atoms with Crippen LogP contribution in [0.15, 0.2) is 66.9 Å². The Morgan fingerprint density at radius 1 is 1.08 bits per heavy atom. The molecule has 3 aromatic rings. The van der Waals surface area contributed by atoms with E-state index < -0.39 is 0 Å². The van der Waals surface area contributed by atoms with Gasteiger partial charge in [-0.25, -0.2) is 9.37 Å². The lowest BCUT2D eigenvalue weighted by Gasteiger charge is -2.08. The number of nitrogens with one attached hydrogen (secondary N) is 2. The summed E-state index contributed by atoms with van der Waals surface area (Å²) in [4.78, 5) is 16.3. The van der Waals surface area contributed by atoms with E-state index >= 15 is 0 Å². The Hall–Kier alpha value is -3.41. The number of methoxy groups -OCH3 is 1. The van der Waals surface area contributed by atoms with Gasteiger partial charge in [-0.1, -0.05) is 18.2 Å². The minimum Gasteiger partial charge on any atom is -0.497 e. The third kappa shape index (κ3) is 4.80. The molecule has 0 aliphatic heterocycles. The van der Waals surface area contributed by atoms with Gasteiger partial charge in [-0.15, -0.1) is 0 Å². The summed E-state index contributed by atoms with van der Waals surface area (Å²) in [6.07, 6.45) is 1.81. The standard InChI is InChI=1S/C20H18FN3O2/c1-26-18-8-5-14(6-9-18)11-20(25)24-17-7-10-19(22-13-17)23-16-4-2-3-15(21)12-16/h2-10,12-13H,11H2,1H3,(H,22,23)(H,24,25). The minimum absolute atomic E-state index is 0.136. The van der Waals surface area contributed by atoms with Gasteiger partial charge in [0.15, 0.2) is 0 Å². The number of pyridine rings is 1. The molecule has 0 atom stereocenters. The maximum atomic E-state index is 13.2. The molecule has 1 aromatic heterocycles. The van der Waals surface area contributed by atoms with E-state index in [1.807, 2.05) is 24.3 Å². The molecule has 0 radical (unpaired) electrons. The van der Waals surface area contributed by atoms with E-state index in [1.54, 1.807) is 37.6 Å². The molecule has 2 aromatic carbocycles. The summed E-state index contributed by atoms with van der Waals surface area (Å²) in [5.74, 6) is 0.851. The van der Waals surface area contributed by atoms with Gasteiger partial charge in [-0.2, -0.15) is 0 Å². The van der Waals surface area contributed by atoms with Crippen molar-refractivity contribution in [1.82, 2.24) is 4.98 Å². The number of aromatic nitrogens is 1. The van der Waals surface area contributed by atoms with Crippen LogP contribution in [-0.2, 0) is 11.2 Å². The highest BCUT2D eigenvalue weighted by molar-refractivity contribution is 5.92. The second-order valence-electron chi connectivity index (χ2n) is 5.64. The minimum atomic E-state index is -0.322. The molecule has 0 aliphatic rings. The Bertz CT molecular complexity index is 880. The van der Waals surface area contributed by atoms with Crippen molar-refractivity contribution in [3.05, 3.63) is 78.2 Å². The monoisotopic (exact) mass is 351 g/mol. The molecule has 2 N–H and O–H groups in total. The second kappa shape index (κ2) is 8.11. The van der Waals surface area contributed by atoms with Gasteiger partial charge in [-0.05, 0) is 48.0 Å². The number of carbonyl (C=O) groups excluding carboxylic acids is 1. The highest BCUT2D eigenvalue weighted by Crippen LogP contribution is 2.17. The fourth-order valence-electron chi connectivity index (χ4n) is 2.39. The maximum Gasteiger partial charge on any atom is 0.228 e. The fourth-order valence-corrected chi connectivity index (χ4v) is 2.39. The number of nitrogens with zero attached hydrogens (tertiary/aromatic N) is 1. The van der Waals surface area contributed by atoms with Crippen LogP contribution in [0.25, 0.3) is 0 Å². The Morgan fingerprint density at radius 2 is 1.88 bits per heavy atom. The van der Waals surface area contributed by atoms with Crippen LogP contribution in [0.5, 0.6) is 5.75 Å². The topological polar surface area (TPSA) is 63.2 Å². The number of rotatable bonds is 6. The maximum absolute atomic E-state index is 13.2. The smallest absolute Gasteiger partial charge is 0.228 e. The molecule has 1 heterocycles. The Morgan fingerprint density at radius 3 is 2.54 bits per heavy atom. The van der Waals surface area contributed by atoms with Crippen LogP contribution in [0.3, 0.4) is 0 Å². The summed E-state index contributed by atoms with van der Waals surface area (Å²) in [6.45, 7) is 0. The van der Waals surface area contributed by atoms with E-state index in [0.29, 0.717) is 17.2 Å². The molecule has 0 unspecified atom stereocenters. The van der Waals surface area contributed by atoms with Gasteiger partial charge in [0.25, 0.3) is 0 Å². The molecule has 132 valence electrons. The molecule has 0 spiro atoms. The van der Waals surface area contributed by atoms with Gasteiger partial charge in [0.05, 0.1) is 25.4 Å². The van der Waals surface area contributed by atoms with Gasteiger partial charge >= 0.3 is 0 Å². The lowest BCUT2D eigenvalue weighted by molar-refractivity contribution is -0.115. The molecule has 26 heavy (non-hydrogen) atoms. The number of anilines is 3. The molecule has 5 nitrogen and oxygen atoms in total. The third-order valence-corrected chi connectivity index (χ3v) is 3.67. The van der Waals surface area contributed by atoms with Crippen LogP contribution in [-0.4, -0.2) is 18.0 Å². The highest BCUT2D eigenvalue weighted by Gasteiger charge is 2.05. The van der Waals surface area contributed by atoms with Crippen LogP contribution in [0.2, 0.25) is 0 Å². The van der Waals surface area contributed by atoms with Crippen molar-refractivity contribution < 1.29 is 13.9 Å². The average Bonchev–Trinajstić information content (AvgIpc) is 2.64. The SMILES string of the molecule is COc1ccc(CC(=O)Nc2ccc(Nc3cccc(F)c3)nc2)cc1. The lowest BCUT2D eigenvalue weighted by Crippen LogP contribution is -2.14. The first-order chi connectivity index (χ1) is 12.6. The average molecular weight is 351 g/mol. The summed E-state index contributed by atoms with van der Waals surface area (Å²) in [5.41, 5.74) is 2.09. The van der Waals surface area contributed by atoms with E-state index in [2.05, 4.69) is 15.6 Å². The molecule has 0 aliphatic carbocycles. The van der Waals surface area contributed by atoms with E-state index in [4.69, 9.17) is 4.74 Å². The van der Waals surface area contributed by atoms with Crippen LogP contribution in [0.4, 0.5) is 21.6 Å². The Balaban J connectivity index is 1.57. The summed E-state index contributed by atoms with van der Waals surface area (Å²) in [6, 6.07) is 16.9. The summed E-state index contributed by atoms with van der Waals surface area (Å²) >= 11 is 0. The second-order valence-corrected chi connectivity index (χ2v) is 5.64. The van der Waals surface area contributed by atoms with Crippen LogP contribution in [0.1, 0.15) is 5.56 Å². The summed E-state index contributed by atoms with van der Waals surface area (Å²) in [7, 11) is 1.60. The zero-order valence-corrected chi connectivity index (χ0v) is 14.2. The number of amides is 1. The Kier molecular flexibility index (Phi) is 5.43. The number of ether oxygens (including phenoxy) is 1. The molecule has 0 bridgehead atoms. The van der Waals surface area contributed by atoms with Crippen molar-refractivity contribution in [1.29, 1.82) is 0 Å². The normalized spacial score (nSPS) is 10.2. The lowest BCUT2D eigenvalue weighted by atomic mass is 10.1. The third-order valence-electron chi connectivity index (χ3n) is 3.67. The quantitative estimate of drug-likeness (QED) is 0.700. The molecule has 0 fully saturated rings. The molecule has 6 heteroatoms. The molecular weight excluding hydrogens is 333 g/mol. The number of hydrogen-bond acceptors (Lipinski definition) is 4. The van der Waals surface area contributed by atoms with Crippen molar-refractivity contribution in [2.45, 2.75) is 6.42 Å². The van der Waals surface area contributed by atoms with E-state index in [1.165, 1.54) is 12.1 Å². The molecule has 3 rings (SSSR count). The predicted octanol–water partition coefficient (Wildman–Crippen LogP) is 4.15. The van der Waals surface area contributed by atoms with Crippen molar-refractivity contribution >= 4 is 23.1 Å². The van der Waals surface area contributed by atoms with Crippen LogP contribution < -0.4 is 15.4 Å². The first-order valence-corrected chi connectivity index (χ1v) is 8.04. The van der Waals surface area contributed by atoms with Gasteiger partial charge in [-0.3, -0.25) is 4.79 Å². The largest absolute Gasteiger partial charge is 0.497 e. The zero-order chi connectivity index (χ0) is 18.4. The van der Waals surface area contributed by atoms with Crippen molar-refractivity contribution in [2.75, 3.05) is 17.7 Å². The number of hydrogen-bond donors (Lipinski definition) is 2. The number of carbonyl (C=O) groups is 1. The highest BCUT2D eigenvalue weighted by atomic mass is 19.1. The van der Waals surface area contributed by atoms with Crippen LogP contribution >= 0.6 is 0 Å². The fraction of sp³-hybridized carbons (Fsp3) is 0.100. The Labute approximate surface area is 150 Å². The van der Waals surface area contributed by atoms with Crippen LogP contribution in [0, 0.1) is 5.82 Å². The van der Waals surface area contributed by atoms with Gasteiger partial charge in [0, 0.05) is 5.69 Å². The van der Waals surface area contributed by atoms with E-state index in [-0.39, 0.29) is 18.1 Å². The zero-order valence-electron chi connectivity index (χ0n) is 14.2. The first-order valence-electron chi connectivity index (χ1n) is 8.04. The van der Waals surface area contributed by atoms with Crippen molar-refractivity contribution in [2.24, 2.45) is 0 Å². The molecule has 1 amide bonds. The molecular formula is C20H18FN3O2. The summed E-state index contributed by atoms with van der Waals surface area (Å²) in [5, 5.41) is 5.80. The van der Waals surface area contributed by atoms with Crippen molar-refractivity contribution in [3.63, 3.8) is 0 Å². The van der Waals surface area contributed by atoms with Gasteiger partial charge in [0.1, 0.15) is 17.4 Å². The van der Waals surface area contributed by atoms with E-state index in [9.17, 15) is 9.18 Å². The van der Waals surface area contributed by atoms with E-state index in [0.717, 1.165) is 11.3 Å². The number of halogens is 1. The van der Waals surface area contributed by atoms with Gasteiger partial charge in [0.2, 0.25) is 5.91 Å². The predicted molar refractivity (Wildman–Crippen MR) is 99.2 cm³/mol. The van der Waals surface area contributed by atoms with Gasteiger partial charge < -0.3 is 15.4 Å². The molecule has 0 saturated carbocycles. The number of benzene rings is 2. The first kappa shape index (κ1) is 17.4. The van der Waals surface area contributed by atoms with Crippen molar-refractivity contribution in [3.8, 4) is 5.75 Å². The summed E-state index contributed by atoms with van der Waals surface area (Å²) < 4.78 is 18.3.